The molecule has 1 atom stereocenters. The quantitative estimate of drug-likeness (QED) is 0.455. The number of fused-ring (bicyclic) bond motifs is 1. The van der Waals surface area contributed by atoms with Crippen molar-refractivity contribution in [2.24, 2.45) is 0 Å². The summed E-state index contributed by atoms with van der Waals surface area (Å²) in [5, 5.41) is 12.2. The number of benzene rings is 1. The third kappa shape index (κ3) is 4.41. The Balaban J connectivity index is 1.68. The molecular formula is C21H22N4O3. The number of amides is 1. The van der Waals surface area contributed by atoms with Crippen molar-refractivity contribution in [1.82, 2.24) is 14.9 Å². The third-order valence-electron chi connectivity index (χ3n) is 4.43. The van der Waals surface area contributed by atoms with Gasteiger partial charge in [-0.2, -0.15) is 5.26 Å². The normalized spacial score (nSPS) is 15.7. The van der Waals surface area contributed by atoms with Crippen LogP contribution in [0.5, 0.6) is 11.5 Å². The standard InChI is InChI=1S/C21H22N4O3/c1-15-17(11-16-5-3-6-19(27-2)20(16)28-15)12-18(13-22)21(26)24-7-4-9-25-10-8-23-14-25/h3,5-6,8,10-12,14-15H,4,7,9H2,1-2H3,(H,24,26)/b18-12+. The van der Waals surface area contributed by atoms with Gasteiger partial charge in [0.15, 0.2) is 11.5 Å². The molecule has 0 aliphatic carbocycles. The molecule has 1 aromatic heterocycles. The molecule has 1 aromatic carbocycles. The summed E-state index contributed by atoms with van der Waals surface area (Å²) >= 11 is 0. The predicted molar refractivity (Wildman–Crippen MR) is 105 cm³/mol. The highest BCUT2D eigenvalue weighted by atomic mass is 16.5. The first-order chi connectivity index (χ1) is 13.6. The van der Waals surface area contributed by atoms with Gasteiger partial charge in [0.2, 0.25) is 0 Å². The van der Waals surface area contributed by atoms with Gasteiger partial charge in [0.05, 0.1) is 13.4 Å². The van der Waals surface area contributed by atoms with Crippen molar-refractivity contribution < 1.29 is 14.3 Å². The molecule has 0 saturated heterocycles. The summed E-state index contributed by atoms with van der Waals surface area (Å²) in [5.74, 6) is 0.926. The summed E-state index contributed by atoms with van der Waals surface area (Å²) in [5.41, 5.74) is 1.66. The second-order valence-corrected chi connectivity index (χ2v) is 6.36. The van der Waals surface area contributed by atoms with Crippen molar-refractivity contribution in [3.05, 3.63) is 59.7 Å². The number of ether oxygens (including phenoxy) is 2. The molecule has 2 aromatic rings. The summed E-state index contributed by atoms with van der Waals surface area (Å²) < 4.78 is 13.2. The van der Waals surface area contributed by atoms with Crippen LogP contribution in [0.25, 0.3) is 6.08 Å². The van der Waals surface area contributed by atoms with Crippen LogP contribution in [-0.4, -0.2) is 35.2 Å². The van der Waals surface area contributed by atoms with Gasteiger partial charge >= 0.3 is 0 Å². The Hall–Kier alpha value is -3.53. The first kappa shape index (κ1) is 19.2. The number of nitrogens with one attached hydrogen (secondary N) is 1. The fourth-order valence-corrected chi connectivity index (χ4v) is 2.93. The molecule has 1 amide bonds. The topological polar surface area (TPSA) is 89.2 Å². The van der Waals surface area contributed by atoms with Crippen LogP contribution < -0.4 is 14.8 Å². The van der Waals surface area contributed by atoms with E-state index in [4.69, 9.17) is 9.47 Å². The van der Waals surface area contributed by atoms with E-state index in [2.05, 4.69) is 10.3 Å². The van der Waals surface area contributed by atoms with E-state index in [9.17, 15) is 10.1 Å². The highest BCUT2D eigenvalue weighted by molar-refractivity contribution is 5.98. The molecule has 0 fully saturated rings. The van der Waals surface area contributed by atoms with Crippen LogP contribution >= 0.6 is 0 Å². The van der Waals surface area contributed by atoms with Gasteiger partial charge in [0.1, 0.15) is 17.7 Å². The summed E-state index contributed by atoms with van der Waals surface area (Å²) in [6, 6.07) is 7.59. The first-order valence-corrected chi connectivity index (χ1v) is 9.03. The van der Waals surface area contributed by atoms with Gasteiger partial charge in [-0.3, -0.25) is 4.79 Å². The highest BCUT2D eigenvalue weighted by Gasteiger charge is 2.22. The van der Waals surface area contributed by atoms with E-state index < -0.39 is 5.91 Å². The van der Waals surface area contributed by atoms with Gasteiger partial charge in [-0.15, -0.1) is 0 Å². The zero-order valence-electron chi connectivity index (χ0n) is 15.9. The monoisotopic (exact) mass is 378 g/mol. The van der Waals surface area contributed by atoms with E-state index in [1.165, 1.54) is 0 Å². The smallest absolute Gasteiger partial charge is 0.261 e. The molecule has 0 radical (unpaired) electrons. The Morgan fingerprint density at radius 2 is 2.36 bits per heavy atom. The van der Waals surface area contributed by atoms with Crippen molar-refractivity contribution in [3.63, 3.8) is 0 Å². The SMILES string of the molecule is COc1cccc2c1OC(C)C(/C=C(\C#N)C(=O)NCCCn1ccnc1)=C2. The summed E-state index contributed by atoms with van der Waals surface area (Å²) in [6.07, 6.45) is 9.24. The molecule has 1 N–H and O–H groups in total. The van der Waals surface area contributed by atoms with Gasteiger partial charge in [0.25, 0.3) is 5.91 Å². The van der Waals surface area contributed by atoms with E-state index in [1.807, 2.05) is 48.0 Å². The molecule has 1 unspecified atom stereocenters. The first-order valence-electron chi connectivity index (χ1n) is 9.03. The number of carbonyl (C=O) groups excluding carboxylic acids is 1. The fraction of sp³-hybridized carbons (Fsp3) is 0.286. The average Bonchev–Trinajstić information content (AvgIpc) is 3.22. The lowest BCUT2D eigenvalue weighted by atomic mass is 10.00. The molecule has 0 spiro atoms. The van der Waals surface area contributed by atoms with Crippen molar-refractivity contribution in [1.29, 1.82) is 5.26 Å². The zero-order chi connectivity index (χ0) is 19.9. The van der Waals surface area contributed by atoms with Crippen LogP contribution in [0.15, 0.2) is 54.1 Å². The molecule has 3 rings (SSSR count). The Bertz CT molecular complexity index is 939. The van der Waals surface area contributed by atoms with Crippen LogP contribution in [-0.2, 0) is 11.3 Å². The molecule has 144 valence electrons. The maximum atomic E-state index is 12.4. The van der Waals surface area contributed by atoms with Gasteiger partial charge in [-0.1, -0.05) is 12.1 Å². The molecule has 7 nitrogen and oxygen atoms in total. The number of methoxy groups -OCH3 is 1. The minimum Gasteiger partial charge on any atom is -0.493 e. The van der Waals surface area contributed by atoms with Crippen LogP contribution in [0.2, 0.25) is 0 Å². The summed E-state index contributed by atoms with van der Waals surface area (Å²) in [6.45, 7) is 3.09. The maximum Gasteiger partial charge on any atom is 0.261 e. The molecule has 1 aliphatic heterocycles. The molecule has 0 bridgehead atoms. The highest BCUT2D eigenvalue weighted by Crippen LogP contribution is 2.38. The van der Waals surface area contributed by atoms with Crippen LogP contribution in [0.3, 0.4) is 0 Å². The zero-order valence-corrected chi connectivity index (χ0v) is 15.9. The number of imidazole rings is 1. The Morgan fingerprint density at radius 1 is 1.50 bits per heavy atom. The van der Waals surface area contributed by atoms with E-state index >= 15 is 0 Å². The number of hydrogen-bond donors (Lipinski definition) is 1. The van der Waals surface area contributed by atoms with E-state index in [1.54, 1.807) is 25.7 Å². The molecule has 2 heterocycles. The lowest BCUT2D eigenvalue weighted by Crippen LogP contribution is -2.27. The minimum absolute atomic E-state index is 0.0516. The number of rotatable bonds is 7. The Morgan fingerprint density at radius 3 is 3.07 bits per heavy atom. The van der Waals surface area contributed by atoms with E-state index in [0.29, 0.717) is 18.0 Å². The Labute approximate surface area is 163 Å². The van der Waals surface area contributed by atoms with Crippen molar-refractivity contribution in [2.75, 3.05) is 13.7 Å². The second kappa shape index (κ2) is 8.91. The average molecular weight is 378 g/mol. The predicted octanol–water partition coefficient (Wildman–Crippen LogP) is 2.71. The van der Waals surface area contributed by atoms with Crippen LogP contribution in [0, 0.1) is 11.3 Å². The summed E-state index contributed by atoms with van der Waals surface area (Å²) in [7, 11) is 1.59. The molecule has 0 saturated carbocycles. The minimum atomic E-state index is -0.391. The number of nitriles is 1. The van der Waals surface area contributed by atoms with Gasteiger partial charge in [-0.25, -0.2) is 4.98 Å². The maximum absolute atomic E-state index is 12.4. The van der Waals surface area contributed by atoms with Crippen LogP contribution in [0.4, 0.5) is 0 Å². The van der Waals surface area contributed by atoms with E-state index in [-0.39, 0.29) is 11.7 Å². The number of hydrogen-bond acceptors (Lipinski definition) is 5. The lowest BCUT2D eigenvalue weighted by Gasteiger charge is -2.24. The van der Waals surface area contributed by atoms with Crippen molar-refractivity contribution in [2.45, 2.75) is 26.0 Å². The summed E-state index contributed by atoms with van der Waals surface area (Å²) in [4.78, 5) is 16.3. The number of para-hydroxylation sites is 1. The number of carbonyl (C=O) groups is 1. The number of aromatic nitrogens is 2. The van der Waals surface area contributed by atoms with E-state index in [0.717, 1.165) is 24.1 Å². The molecular weight excluding hydrogens is 356 g/mol. The van der Waals surface area contributed by atoms with Crippen LogP contribution in [0.1, 0.15) is 18.9 Å². The second-order valence-electron chi connectivity index (χ2n) is 6.36. The lowest BCUT2D eigenvalue weighted by molar-refractivity contribution is -0.117. The van der Waals surface area contributed by atoms with Crippen molar-refractivity contribution >= 4 is 12.0 Å². The van der Waals surface area contributed by atoms with Gasteiger partial charge in [-0.05, 0) is 37.1 Å². The molecule has 1 aliphatic rings. The van der Waals surface area contributed by atoms with Gasteiger partial charge < -0.3 is 19.4 Å². The van der Waals surface area contributed by atoms with Crippen molar-refractivity contribution in [3.8, 4) is 17.6 Å². The largest absolute Gasteiger partial charge is 0.493 e. The number of nitrogens with zero attached hydrogens (tertiary/aromatic N) is 3. The van der Waals surface area contributed by atoms with Gasteiger partial charge in [0, 0.05) is 31.0 Å². The molecule has 28 heavy (non-hydrogen) atoms. The number of aryl methyl sites for hydroxylation is 1. The third-order valence-corrected chi connectivity index (χ3v) is 4.43. The molecule has 7 heteroatoms. The fourth-order valence-electron chi connectivity index (χ4n) is 2.93. The Kier molecular flexibility index (Phi) is 6.12.